The molecule has 2 atom stereocenters. The summed E-state index contributed by atoms with van der Waals surface area (Å²) in [5.41, 5.74) is 0.180. The number of hydrogen-bond acceptors (Lipinski definition) is 6. The first-order valence-corrected chi connectivity index (χ1v) is 9.78. The molecule has 7 nitrogen and oxygen atoms in total. The molecule has 0 saturated carbocycles. The van der Waals surface area contributed by atoms with E-state index in [1.165, 1.54) is 23.9 Å². The van der Waals surface area contributed by atoms with E-state index in [0.717, 1.165) is 19.4 Å². The monoisotopic (exact) mass is 455 g/mol. The van der Waals surface area contributed by atoms with Gasteiger partial charge in [0.1, 0.15) is 6.10 Å². The molecule has 3 rings (SSSR count). The average molecular weight is 457 g/mol. The van der Waals surface area contributed by atoms with Gasteiger partial charge in [0, 0.05) is 17.8 Å². The van der Waals surface area contributed by atoms with Crippen LogP contribution in [0.3, 0.4) is 0 Å². The maximum atomic E-state index is 12.6. The normalized spacial score (nSPS) is 19.8. The fourth-order valence-electron chi connectivity index (χ4n) is 3.25. The summed E-state index contributed by atoms with van der Waals surface area (Å²) in [7, 11) is 0. The number of Topliss-reactive ketones (excluding diaryl/α,β-unsaturated/α-hetero) is 1. The first-order valence-electron chi connectivity index (χ1n) is 8.61. The van der Waals surface area contributed by atoms with E-state index in [-0.39, 0.29) is 42.4 Å². The van der Waals surface area contributed by atoms with Gasteiger partial charge in [0.15, 0.2) is 5.78 Å². The third-order valence-electron chi connectivity index (χ3n) is 4.50. The van der Waals surface area contributed by atoms with Crippen LogP contribution in [0.25, 0.3) is 10.9 Å². The molecule has 1 aliphatic rings. The molecule has 144 valence electrons. The van der Waals surface area contributed by atoms with Gasteiger partial charge in [0.05, 0.1) is 34.8 Å². The SMILES string of the molecule is CC(=O)O[C@@H]1CCCN[C@H]1CC(=O)Cn1cnc2cc(Br)c(Cl)cc2c1=O. The van der Waals surface area contributed by atoms with Crippen LogP contribution in [0.15, 0.2) is 27.7 Å². The minimum Gasteiger partial charge on any atom is -0.461 e. The summed E-state index contributed by atoms with van der Waals surface area (Å²) in [5.74, 6) is -0.503. The lowest BCUT2D eigenvalue weighted by molar-refractivity contribution is -0.150. The fraction of sp³-hybridized carbons (Fsp3) is 0.444. The zero-order valence-corrected chi connectivity index (χ0v) is 17.0. The van der Waals surface area contributed by atoms with Crippen LogP contribution >= 0.6 is 27.5 Å². The first kappa shape index (κ1) is 20.0. The number of fused-ring (bicyclic) bond motifs is 1. The van der Waals surface area contributed by atoms with E-state index in [1.807, 2.05) is 0 Å². The van der Waals surface area contributed by atoms with Gasteiger partial charge in [0.25, 0.3) is 5.56 Å². The second-order valence-corrected chi connectivity index (χ2v) is 7.82. The number of carbonyl (C=O) groups excluding carboxylic acids is 2. The van der Waals surface area contributed by atoms with E-state index in [9.17, 15) is 14.4 Å². The Balaban J connectivity index is 1.75. The molecule has 0 bridgehead atoms. The molecule has 2 heterocycles. The fourth-order valence-corrected chi connectivity index (χ4v) is 3.74. The smallest absolute Gasteiger partial charge is 0.302 e. The van der Waals surface area contributed by atoms with Gasteiger partial charge >= 0.3 is 5.97 Å². The number of nitrogens with one attached hydrogen (secondary N) is 1. The van der Waals surface area contributed by atoms with Gasteiger partial charge < -0.3 is 10.1 Å². The van der Waals surface area contributed by atoms with Crippen molar-refractivity contribution in [3.63, 3.8) is 0 Å². The average Bonchev–Trinajstić information content (AvgIpc) is 2.61. The largest absolute Gasteiger partial charge is 0.461 e. The highest BCUT2D eigenvalue weighted by Crippen LogP contribution is 2.25. The first-order chi connectivity index (χ1) is 12.8. The highest BCUT2D eigenvalue weighted by molar-refractivity contribution is 9.10. The molecule has 1 aliphatic heterocycles. The quantitative estimate of drug-likeness (QED) is 0.695. The molecular formula is C18H19BrClN3O4. The zero-order chi connectivity index (χ0) is 19.6. The van der Waals surface area contributed by atoms with E-state index >= 15 is 0 Å². The number of benzene rings is 1. The third kappa shape index (κ3) is 4.75. The Hall–Kier alpha value is -1.77. The maximum absolute atomic E-state index is 12.6. The van der Waals surface area contributed by atoms with Crippen molar-refractivity contribution in [1.82, 2.24) is 14.9 Å². The number of esters is 1. The molecular weight excluding hydrogens is 438 g/mol. The van der Waals surface area contributed by atoms with Crippen LogP contribution in [-0.4, -0.2) is 40.0 Å². The number of ketones is 1. The van der Waals surface area contributed by atoms with Crippen LogP contribution < -0.4 is 10.9 Å². The molecule has 0 spiro atoms. The topological polar surface area (TPSA) is 90.3 Å². The van der Waals surface area contributed by atoms with Gasteiger partial charge in [-0.3, -0.25) is 19.0 Å². The highest BCUT2D eigenvalue weighted by Gasteiger charge is 2.29. The number of aromatic nitrogens is 2. The number of carbonyl (C=O) groups is 2. The van der Waals surface area contributed by atoms with Crippen LogP contribution in [0.1, 0.15) is 26.2 Å². The lowest BCUT2D eigenvalue weighted by atomic mass is 9.96. The lowest BCUT2D eigenvalue weighted by Gasteiger charge is -2.31. The van der Waals surface area contributed by atoms with E-state index in [0.29, 0.717) is 20.4 Å². The predicted octanol–water partition coefficient (Wildman–Crippen LogP) is 2.46. The Morgan fingerprint density at radius 1 is 1.44 bits per heavy atom. The Morgan fingerprint density at radius 3 is 2.96 bits per heavy atom. The van der Waals surface area contributed by atoms with Crippen LogP contribution in [0.5, 0.6) is 0 Å². The van der Waals surface area contributed by atoms with Gasteiger partial charge in [-0.15, -0.1) is 0 Å². The molecule has 0 radical (unpaired) electrons. The molecule has 1 aromatic heterocycles. The molecule has 1 saturated heterocycles. The van der Waals surface area contributed by atoms with Crippen molar-refractivity contribution in [1.29, 1.82) is 0 Å². The summed E-state index contributed by atoms with van der Waals surface area (Å²) in [6.45, 7) is 2.03. The molecule has 0 amide bonds. The van der Waals surface area contributed by atoms with Crippen molar-refractivity contribution in [2.24, 2.45) is 0 Å². The molecule has 2 aromatic rings. The van der Waals surface area contributed by atoms with Gasteiger partial charge in [-0.05, 0) is 47.4 Å². The Morgan fingerprint density at radius 2 is 2.22 bits per heavy atom. The number of piperidine rings is 1. The van der Waals surface area contributed by atoms with E-state index in [4.69, 9.17) is 16.3 Å². The molecule has 1 N–H and O–H groups in total. The summed E-state index contributed by atoms with van der Waals surface area (Å²) in [5, 5.41) is 3.98. The zero-order valence-electron chi connectivity index (χ0n) is 14.7. The second kappa shape index (κ2) is 8.50. The van der Waals surface area contributed by atoms with E-state index in [2.05, 4.69) is 26.2 Å². The van der Waals surface area contributed by atoms with E-state index < -0.39 is 0 Å². The molecule has 27 heavy (non-hydrogen) atoms. The molecule has 9 heteroatoms. The van der Waals surface area contributed by atoms with Crippen LogP contribution in [0.4, 0.5) is 0 Å². The van der Waals surface area contributed by atoms with Crippen LogP contribution in [0, 0.1) is 0 Å². The standard InChI is InChI=1S/C18H19BrClN3O4/c1-10(24)27-17-3-2-4-21-16(17)5-11(25)8-23-9-22-15-7-13(19)14(20)6-12(15)18(23)26/h6-7,9,16-17,21H,2-5,8H2,1H3/t16-,17+/m0/s1. The molecule has 1 fully saturated rings. The molecule has 0 unspecified atom stereocenters. The number of hydrogen-bond donors (Lipinski definition) is 1. The summed E-state index contributed by atoms with van der Waals surface area (Å²) >= 11 is 9.36. The molecule has 0 aliphatic carbocycles. The Labute approximate surface area is 169 Å². The number of halogens is 2. The van der Waals surface area contributed by atoms with Crippen molar-refractivity contribution in [3.8, 4) is 0 Å². The van der Waals surface area contributed by atoms with Gasteiger partial charge in [-0.1, -0.05) is 11.6 Å². The van der Waals surface area contributed by atoms with Crippen molar-refractivity contribution in [3.05, 3.63) is 38.3 Å². The summed E-state index contributed by atoms with van der Waals surface area (Å²) in [6.07, 6.45) is 2.80. The maximum Gasteiger partial charge on any atom is 0.302 e. The van der Waals surface area contributed by atoms with Crippen LogP contribution in [-0.2, 0) is 20.9 Å². The van der Waals surface area contributed by atoms with Gasteiger partial charge in [-0.2, -0.15) is 0 Å². The Bertz CT molecular complexity index is 946. The minimum atomic E-state index is -0.362. The van der Waals surface area contributed by atoms with E-state index in [1.54, 1.807) is 6.07 Å². The van der Waals surface area contributed by atoms with Crippen molar-refractivity contribution < 1.29 is 14.3 Å². The Kier molecular flexibility index (Phi) is 6.29. The number of nitrogens with zero attached hydrogens (tertiary/aromatic N) is 2. The number of ether oxygens (including phenoxy) is 1. The van der Waals surface area contributed by atoms with Gasteiger partial charge in [-0.25, -0.2) is 4.98 Å². The molecule has 1 aromatic carbocycles. The predicted molar refractivity (Wildman–Crippen MR) is 105 cm³/mol. The van der Waals surface area contributed by atoms with Crippen molar-refractivity contribution in [2.45, 2.75) is 44.9 Å². The van der Waals surface area contributed by atoms with Crippen molar-refractivity contribution in [2.75, 3.05) is 6.54 Å². The minimum absolute atomic E-state index is 0.0968. The third-order valence-corrected chi connectivity index (χ3v) is 5.70. The lowest BCUT2D eigenvalue weighted by Crippen LogP contribution is -2.48. The van der Waals surface area contributed by atoms with Crippen molar-refractivity contribution >= 4 is 50.2 Å². The highest BCUT2D eigenvalue weighted by atomic mass is 79.9. The summed E-state index contributed by atoms with van der Waals surface area (Å²) in [6, 6.07) is 2.96. The second-order valence-electron chi connectivity index (χ2n) is 6.55. The number of rotatable bonds is 5. The summed E-state index contributed by atoms with van der Waals surface area (Å²) < 4.78 is 7.23. The van der Waals surface area contributed by atoms with Crippen LogP contribution in [0.2, 0.25) is 5.02 Å². The summed E-state index contributed by atoms with van der Waals surface area (Å²) in [4.78, 5) is 40.6. The van der Waals surface area contributed by atoms with Gasteiger partial charge in [0.2, 0.25) is 0 Å².